The van der Waals surface area contributed by atoms with Gasteiger partial charge in [-0.15, -0.1) is 11.8 Å². The van der Waals surface area contributed by atoms with Gasteiger partial charge in [0.25, 0.3) is 0 Å². The van der Waals surface area contributed by atoms with E-state index in [9.17, 15) is 9.18 Å². The number of carbonyl (C=O) groups is 1. The summed E-state index contributed by atoms with van der Waals surface area (Å²) in [6, 6.07) is 20.4. The molecular weight excluding hydrogens is 399 g/mol. The second-order valence-electron chi connectivity index (χ2n) is 6.71. The summed E-state index contributed by atoms with van der Waals surface area (Å²) in [4.78, 5) is 16.9. The summed E-state index contributed by atoms with van der Waals surface area (Å²) in [7, 11) is 0. The molecule has 3 aromatic carbocycles. The monoisotopic (exact) mass is 416 g/mol. The highest BCUT2D eigenvalue weighted by atomic mass is 32.2. The first-order valence-corrected chi connectivity index (χ1v) is 10.2. The topological polar surface area (TPSA) is 77.3 Å². The van der Waals surface area contributed by atoms with Crippen LogP contribution in [0.25, 0.3) is 0 Å². The fourth-order valence-corrected chi connectivity index (χ4v) is 3.93. The van der Waals surface area contributed by atoms with E-state index in [1.807, 2.05) is 24.3 Å². The van der Waals surface area contributed by atoms with E-state index in [4.69, 9.17) is 5.26 Å². The van der Waals surface area contributed by atoms with E-state index in [-0.39, 0.29) is 11.8 Å². The smallest absolute Gasteiger partial charge is 0.308 e. The Bertz CT molecular complexity index is 1150. The number of benzene rings is 3. The predicted molar refractivity (Wildman–Crippen MR) is 119 cm³/mol. The van der Waals surface area contributed by atoms with Crippen LogP contribution in [0.4, 0.5) is 26.2 Å². The van der Waals surface area contributed by atoms with E-state index in [1.54, 1.807) is 48.2 Å². The van der Waals surface area contributed by atoms with E-state index < -0.39 is 0 Å². The standard InChI is InChI=1S/C23H17FN4OS/c24-18-6-1-16(2-7-18)14-30-22-11-17-5-10-20(12-21(17)28-22)27-23(29)26-19-8-3-15(13-25)4-9-19/h1-10,12H,11,14H2,(H2,26,27,29). The number of rotatable bonds is 4. The van der Waals surface area contributed by atoms with E-state index >= 15 is 0 Å². The summed E-state index contributed by atoms with van der Waals surface area (Å²) in [5.41, 5.74) is 4.77. The molecule has 1 aliphatic rings. The maximum atomic E-state index is 13.0. The Morgan fingerprint density at radius 3 is 2.47 bits per heavy atom. The number of amides is 2. The van der Waals surface area contributed by atoms with Gasteiger partial charge in [-0.05, 0) is 59.7 Å². The van der Waals surface area contributed by atoms with Gasteiger partial charge in [-0.2, -0.15) is 5.26 Å². The number of anilines is 2. The molecule has 0 aliphatic carbocycles. The van der Waals surface area contributed by atoms with Crippen LogP contribution in [-0.4, -0.2) is 11.1 Å². The molecule has 0 saturated carbocycles. The third kappa shape index (κ3) is 4.85. The van der Waals surface area contributed by atoms with Crippen LogP contribution in [0.15, 0.2) is 71.7 Å². The summed E-state index contributed by atoms with van der Waals surface area (Å²) in [6.45, 7) is 0. The highest BCUT2D eigenvalue weighted by Gasteiger charge is 2.16. The molecule has 3 aromatic rings. The Hall–Kier alpha value is -3.63. The van der Waals surface area contributed by atoms with Gasteiger partial charge in [0.2, 0.25) is 0 Å². The molecular formula is C23H17FN4OS. The molecule has 0 radical (unpaired) electrons. The minimum absolute atomic E-state index is 0.238. The molecule has 1 aliphatic heterocycles. The third-order valence-corrected chi connectivity index (χ3v) is 5.57. The number of halogens is 1. The fraction of sp³-hybridized carbons (Fsp3) is 0.0870. The molecule has 2 N–H and O–H groups in total. The average Bonchev–Trinajstić information content (AvgIpc) is 3.16. The normalized spacial score (nSPS) is 11.9. The van der Waals surface area contributed by atoms with Crippen LogP contribution < -0.4 is 10.6 Å². The maximum absolute atomic E-state index is 13.0. The highest BCUT2D eigenvalue weighted by molar-refractivity contribution is 8.13. The Labute approximate surface area is 177 Å². The molecule has 0 atom stereocenters. The van der Waals surface area contributed by atoms with E-state index in [1.165, 1.54) is 12.1 Å². The summed E-state index contributed by atoms with van der Waals surface area (Å²) in [6.07, 6.45) is 0.749. The molecule has 7 heteroatoms. The molecule has 2 amide bonds. The Balaban J connectivity index is 1.35. The minimum atomic E-state index is -0.368. The lowest BCUT2D eigenvalue weighted by molar-refractivity contribution is 0.262. The van der Waals surface area contributed by atoms with Crippen molar-refractivity contribution < 1.29 is 9.18 Å². The summed E-state index contributed by atoms with van der Waals surface area (Å²) in [5, 5.41) is 15.4. The van der Waals surface area contributed by atoms with E-state index in [2.05, 4.69) is 15.6 Å². The number of nitrogens with one attached hydrogen (secondary N) is 2. The van der Waals surface area contributed by atoms with Crippen molar-refractivity contribution in [2.45, 2.75) is 12.2 Å². The lowest BCUT2D eigenvalue weighted by Crippen LogP contribution is -2.19. The third-order valence-electron chi connectivity index (χ3n) is 4.52. The van der Waals surface area contributed by atoms with Gasteiger partial charge in [0.15, 0.2) is 0 Å². The summed E-state index contributed by atoms with van der Waals surface area (Å²) >= 11 is 1.63. The van der Waals surface area contributed by atoms with Gasteiger partial charge >= 0.3 is 6.03 Å². The number of hydrogen-bond acceptors (Lipinski definition) is 4. The van der Waals surface area contributed by atoms with E-state index in [0.717, 1.165) is 34.0 Å². The number of fused-ring (bicyclic) bond motifs is 1. The number of aliphatic imine (C=N–C) groups is 1. The zero-order valence-electron chi connectivity index (χ0n) is 15.9. The zero-order chi connectivity index (χ0) is 20.9. The van der Waals surface area contributed by atoms with Gasteiger partial charge in [0.1, 0.15) is 5.82 Å². The van der Waals surface area contributed by atoms with Crippen LogP contribution in [0.5, 0.6) is 0 Å². The molecule has 0 bridgehead atoms. The zero-order valence-corrected chi connectivity index (χ0v) is 16.7. The molecule has 1 heterocycles. The van der Waals surface area contributed by atoms with E-state index in [0.29, 0.717) is 16.9 Å². The maximum Gasteiger partial charge on any atom is 0.323 e. The summed E-state index contributed by atoms with van der Waals surface area (Å²) in [5.74, 6) is 0.489. The van der Waals surface area contributed by atoms with Crippen molar-refractivity contribution in [3.05, 3.63) is 89.2 Å². The number of nitriles is 1. The van der Waals surface area contributed by atoms with Crippen molar-refractivity contribution in [1.29, 1.82) is 5.26 Å². The first kappa shape index (κ1) is 19.7. The van der Waals surface area contributed by atoms with Crippen LogP contribution in [0.2, 0.25) is 0 Å². The second kappa shape index (κ2) is 8.80. The number of urea groups is 1. The Morgan fingerprint density at radius 2 is 1.73 bits per heavy atom. The molecule has 4 rings (SSSR count). The first-order chi connectivity index (χ1) is 14.6. The molecule has 0 spiro atoms. The van der Waals surface area contributed by atoms with Gasteiger partial charge in [0, 0.05) is 23.5 Å². The minimum Gasteiger partial charge on any atom is -0.308 e. The van der Waals surface area contributed by atoms with Crippen LogP contribution in [0, 0.1) is 17.1 Å². The van der Waals surface area contributed by atoms with Crippen molar-refractivity contribution in [1.82, 2.24) is 0 Å². The van der Waals surface area contributed by atoms with Crippen LogP contribution in [0.1, 0.15) is 16.7 Å². The van der Waals surface area contributed by atoms with Crippen molar-refractivity contribution >= 4 is 39.9 Å². The molecule has 148 valence electrons. The van der Waals surface area contributed by atoms with Gasteiger partial charge < -0.3 is 10.6 Å². The molecule has 0 fully saturated rings. The van der Waals surface area contributed by atoms with Gasteiger partial charge in [-0.1, -0.05) is 18.2 Å². The lowest BCUT2D eigenvalue weighted by atomic mass is 10.1. The SMILES string of the molecule is N#Cc1ccc(NC(=O)Nc2ccc3c(c2)N=C(SCc2ccc(F)cc2)C3)cc1. The van der Waals surface area contributed by atoms with Crippen LogP contribution in [0.3, 0.4) is 0 Å². The average molecular weight is 416 g/mol. The van der Waals surface area contributed by atoms with Crippen molar-refractivity contribution in [3.63, 3.8) is 0 Å². The number of nitrogens with zero attached hydrogens (tertiary/aromatic N) is 2. The Kier molecular flexibility index (Phi) is 5.77. The predicted octanol–water partition coefficient (Wildman–Crippen LogP) is 5.86. The largest absolute Gasteiger partial charge is 0.323 e. The molecule has 5 nitrogen and oxygen atoms in total. The molecule has 30 heavy (non-hydrogen) atoms. The van der Waals surface area contributed by atoms with Gasteiger partial charge in [0.05, 0.1) is 22.4 Å². The van der Waals surface area contributed by atoms with Gasteiger partial charge in [-0.25, -0.2) is 14.2 Å². The van der Waals surface area contributed by atoms with Crippen molar-refractivity contribution in [2.75, 3.05) is 10.6 Å². The van der Waals surface area contributed by atoms with Crippen LogP contribution in [-0.2, 0) is 12.2 Å². The Morgan fingerprint density at radius 1 is 1.03 bits per heavy atom. The van der Waals surface area contributed by atoms with Crippen molar-refractivity contribution in [3.8, 4) is 6.07 Å². The molecule has 0 aromatic heterocycles. The van der Waals surface area contributed by atoms with Crippen molar-refractivity contribution in [2.24, 2.45) is 4.99 Å². The quantitative estimate of drug-likeness (QED) is 0.559. The molecule has 0 saturated heterocycles. The van der Waals surface area contributed by atoms with Gasteiger partial charge in [-0.3, -0.25) is 0 Å². The number of hydrogen-bond donors (Lipinski definition) is 2. The number of carbonyl (C=O) groups excluding carboxylic acids is 1. The first-order valence-electron chi connectivity index (χ1n) is 9.25. The summed E-state index contributed by atoms with van der Waals surface area (Å²) < 4.78 is 13.0. The van der Waals surface area contributed by atoms with Crippen LogP contribution >= 0.6 is 11.8 Å². The second-order valence-corrected chi connectivity index (χ2v) is 7.76. The molecule has 0 unspecified atom stereocenters. The number of thioether (sulfide) groups is 1. The lowest BCUT2D eigenvalue weighted by Gasteiger charge is -2.08. The highest BCUT2D eigenvalue weighted by Crippen LogP contribution is 2.33. The fourth-order valence-electron chi connectivity index (χ4n) is 2.98.